The second-order valence-corrected chi connectivity index (χ2v) is 6.74. The van der Waals surface area contributed by atoms with E-state index in [9.17, 15) is 9.59 Å². The lowest BCUT2D eigenvalue weighted by atomic mass is 9.81. The maximum atomic E-state index is 12.5. The molecule has 2 aromatic rings. The molecule has 7 nitrogen and oxygen atoms in total. The van der Waals surface area contributed by atoms with Crippen molar-refractivity contribution in [3.8, 4) is 0 Å². The highest BCUT2D eigenvalue weighted by Gasteiger charge is 2.32. The summed E-state index contributed by atoms with van der Waals surface area (Å²) in [6.45, 7) is 5.08. The van der Waals surface area contributed by atoms with Gasteiger partial charge >= 0.3 is 6.03 Å². The first kappa shape index (κ1) is 27.6. The van der Waals surface area contributed by atoms with Crippen molar-refractivity contribution in [1.29, 1.82) is 0 Å². The zero-order valence-electron chi connectivity index (χ0n) is 17.3. The summed E-state index contributed by atoms with van der Waals surface area (Å²) in [5, 5.41) is 8.57. The summed E-state index contributed by atoms with van der Waals surface area (Å²) < 4.78 is 0. The predicted molar refractivity (Wildman–Crippen MR) is 125 cm³/mol. The fourth-order valence-corrected chi connectivity index (χ4v) is 2.94. The number of nitrogens with two attached hydrogens (primary N) is 1. The summed E-state index contributed by atoms with van der Waals surface area (Å²) in [4.78, 5) is 28.6. The SMILES string of the molecule is CCC(CC)(CN)C(=O)NCc1cccc(NC(=O)NCc2ccncc2)c1.Cl.Cl. The van der Waals surface area contributed by atoms with E-state index in [1.807, 2.05) is 44.2 Å². The van der Waals surface area contributed by atoms with Gasteiger partial charge in [0.1, 0.15) is 0 Å². The van der Waals surface area contributed by atoms with Gasteiger partial charge in [0.2, 0.25) is 5.91 Å². The van der Waals surface area contributed by atoms with Crippen molar-refractivity contribution in [2.75, 3.05) is 11.9 Å². The number of pyridine rings is 1. The minimum Gasteiger partial charge on any atom is -0.352 e. The molecule has 166 valence electrons. The lowest BCUT2D eigenvalue weighted by Crippen LogP contribution is -2.45. The van der Waals surface area contributed by atoms with E-state index in [1.165, 1.54) is 0 Å². The molecule has 0 saturated carbocycles. The second-order valence-electron chi connectivity index (χ2n) is 6.74. The largest absolute Gasteiger partial charge is 0.352 e. The number of amides is 3. The minimum atomic E-state index is -0.525. The average Bonchev–Trinajstić information content (AvgIpc) is 2.73. The second kappa shape index (κ2) is 13.8. The molecule has 0 aliphatic rings. The number of hydrogen-bond donors (Lipinski definition) is 4. The molecular weight excluding hydrogens is 425 g/mol. The first-order valence-electron chi connectivity index (χ1n) is 9.54. The summed E-state index contributed by atoms with van der Waals surface area (Å²) in [6, 6.07) is 10.8. The topological polar surface area (TPSA) is 109 Å². The monoisotopic (exact) mass is 455 g/mol. The lowest BCUT2D eigenvalue weighted by molar-refractivity contribution is -0.131. The maximum absolute atomic E-state index is 12.5. The Labute approximate surface area is 190 Å². The molecule has 1 heterocycles. The first-order chi connectivity index (χ1) is 13.5. The van der Waals surface area contributed by atoms with Crippen LogP contribution in [0.4, 0.5) is 10.5 Å². The third-order valence-corrected chi connectivity index (χ3v) is 5.07. The summed E-state index contributed by atoms with van der Waals surface area (Å²) >= 11 is 0. The first-order valence-corrected chi connectivity index (χ1v) is 9.54. The van der Waals surface area contributed by atoms with Crippen molar-refractivity contribution in [3.05, 3.63) is 59.9 Å². The van der Waals surface area contributed by atoms with Crippen LogP contribution in [0, 0.1) is 5.41 Å². The fourth-order valence-electron chi connectivity index (χ4n) is 2.94. The van der Waals surface area contributed by atoms with Crippen molar-refractivity contribution in [1.82, 2.24) is 15.6 Å². The van der Waals surface area contributed by atoms with Crippen LogP contribution in [-0.4, -0.2) is 23.5 Å². The number of carbonyl (C=O) groups is 2. The minimum absolute atomic E-state index is 0. The van der Waals surface area contributed by atoms with E-state index < -0.39 is 5.41 Å². The molecule has 0 atom stereocenters. The highest BCUT2D eigenvalue weighted by Crippen LogP contribution is 2.25. The van der Waals surface area contributed by atoms with E-state index >= 15 is 0 Å². The van der Waals surface area contributed by atoms with Crippen LogP contribution in [0.3, 0.4) is 0 Å². The zero-order chi connectivity index (χ0) is 20.4. The Morgan fingerprint density at radius 3 is 2.20 bits per heavy atom. The van der Waals surface area contributed by atoms with Crippen molar-refractivity contribution in [2.45, 2.75) is 39.8 Å². The van der Waals surface area contributed by atoms with Crippen molar-refractivity contribution in [2.24, 2.45) is 11.1 Å². The number of hydrogen-bond acceptors (Lipinski definition) is 4. The molecule has 0 bridgehead atoms. The molecule has 0 radical (unpaired) electrons. The maximum Gasteiger partial charge on any atom is 0.319 e. The molecule has 3 amide bonds. The van der Waals surface area contributed by atoms with E-state index in [1.54, 1.807) is 18.5 Å². The van der Waals surface area contributed by atoms with Gasteiger partial charge in [-0.25, -0.2) is 4.79 Å². The molecule has 0 saturated heterocycles. The van der Waals surface area contributed by atoms with Crippen molar-refractivity contribution >= 4 is 42.4 Å². The number of rotatable bonds is 9. The number of anilines is 1. The van der Waals surface area contributed by atoms with Gasteiger partial charge < -0.3 is 21.7 Å². The summed E-state index contributed by atoms with van der Waals surface area (Å²) in [7, 11) is 0. The number of nitrogens with one attached hydrogen (secondary N) is 3. The van der Waals surface area contributed by atoms with Crippen LogP contribution in [0.1, 0.15) is 37.8 Å². The highest BCUT2D eigenvalue weighted by atomic mass is 35.5. The molecular formula is C21H31Cl2N5O2. The van der Waals surface area contributed by atoms with Crippen molar-refractivity contribution < 1.29 is 9.59 Å². The Balaban J connectivity index is 0.00000420. The smallest absolute Gasteiger partial charge is 0.319 e. The van der Waals surface area contributed by atoms with Gasteiger partial charge in [-0.05, 0) is 48.2 Å². The molecule has 2 rings (SSSR count). The van der Waals surface area contributed by atoms with Crippen molar-refractivity contribution in [3.63, 3.8) is 0 Å². The van der Waals surface area contributed by atoms with Crippen LogP contribution in [0.25, 0.3) is 0 Å². The molecule has 1 aromatic carbocycles. The van der Waals surface area contributed by atoms with E-state index in [-0.39, 0.29) is 36.8 Å². The normalized spacial score (nSPS) is 10.2. The molecule has 30 heavy (non-hydrogen) atoms. The molecule has 1 aromatic heterocycles. The average molecular weight is 456 g/mol. The van der Waals surface area contributed by atoms with Gasteiger partial charge in [0.25, 0.3) is 0 Å². The third-order valence-electron chi connectivity index (χ3n) is 5.07. The Hall–Kier alpha value is -2.35. The number of carbonyl (C=O) groups excluding carboxylic acids is 2. The number of urea groups is 1. The molecule has 0 fully saturated rings. The number of nitrogens with zero attached hydrogens (tertiary/aromatic N) is 1. The Morgan fingerprint density at radius 2 is 1.60 bits per heavy atom. The van der Waals surface area contributed by atoms with Gasteiger partial charge in [0, 0.05) is 37.7 Å². The number of benzene rings is 1. The summed E-state index contributed by atoms with van der Waals surface area (Å²) in [6.07, 6.45) is 4.77. The molecule has 5 N–H and O–H groups in total. The summed E-state index contributed by atoms with van der Waals surface area (Å²) in [5.74, 6) is -0.0338. The van der Waals surface area contributed by atoms with E-state index in [4.69, 9.17) is 5.73 Å². The quantitative estimate of drug-likeness (QED) is 0.462. The van der Waals surface area contributed by atoms with E-state index in [0.29, 0.717) is 38.2 Å². The molecule has 0 aliphatic carbocycles. The Kier molecular flexibility index (Phi) is 12.7. The lowest BCUT2D eigenvalue weighted by Gasteiger charge is -2.28. The van der Waals surface area contributed by atoms with Crippen LogP contribution < -0.4 is 21.7 Å². The zero-order valence-corrected chi connectivity index (χ0v) is 18.9. The third kappa shape index (κ3) is 7.82. The Bertz CT molecular complexity index is 778. The van der Waals surface area contributed by atoms with Crippen LogP contribution >= 0.6 is 24.8 Å². The van der Waals surface area contributed by atoms with Crippen LogP contribution in [0.15, 0.2) is 48.8 Å². The van der Waals surface area contributed by atoms with Gasteiger partial charge in [-0.3, -0.25) is 9.78 Å². The van der Waals surface area contributed by atoms with E-state index in [2.05, 4.69) is 20.9 Å². The van der Waals surface area contributed by atoms with Gasteiger partial charge in [-0.1, -0.05) is 26.0 Å². The van der Waals surface area contributed by atoms with Gasteiger partial charge in [0.05, 0.1) is 5.41 Å². The number of halogens is 2. The van der Waals surface area contributed by atoms with Crippen LogP contribution in [0.2, 0.25) is 0 Å². The van der Waals surface area contributed by atoms with E-state index in [0.717, 1.165) is 11.1 Å². The molecule has 0 aliphatic heterocycles. The Morgan fingerprint density at radius 1 is 0.967 bits per heavy atom. The number of aromatic nitrogens is 1. The van der Waals surface area contributed by atoms with Gasteiger partial charge in [0.15, 0.2) is 0 Å². The molecule has 0 unspecified atom stereocenters. The highest BCUT2D eigenvalue weighted by molar-refractivity contribution is 5.89. The van der Waals surface area contributed by atoms with Gasteiger partial charge in [-0.2, -0.15) is 0 Å². The fraction of sp³-hybridized carbons (Fsp3) is 0.381. The standard InChI is InChI=1S/C21H29N5O2.2ClH/c1-3-21(4-2,15-22)19(27)24-14-17-6-5-7-18(12-17)26-20(28)25-13-16-8-10-23-11-9-16;;/h5-12H,3-4,13-15,22H2,1-2H3,(H,24,27)(H2,25,26,28);2*1H. The molecule has 0 spiro atoms. The van der Waals surface area contributed by atoms with Gasteiger partial charge in [-0.15, -0.1) is 24.8 Å². The summed E-state index contributed by atoms with van der Waals surface area (Å²) in [5.41, 5.74) is 7.84. The van der Waals surface area contributed by atoms with Crippen LogP contribution in [-0.2, 0) is 17.9 Å². The predicted octanol–water partition coefficient (Wildman–Crippen LogP) is 3.63. The molecule has 9 heteroatoms. The van der Waals surface area contributed by atoms with Crippen LogP contribution in [0.5, 0.6) is 0 Å².